The van der Waals surface area contributed by atoms with E-state index in [-0.39, 0.29) is 12.3 Å². The first-order chi connectivity index (χ1) is 8.26. The minimum Gasteiger partial charge on any atom is -0.505 e. The maximum atomic E-state index is 12.2. The molecule has 1 aromatic rings. The molecule has 18 heavy (non-hydrogen) atoms. The molecule has 0 bridgehead atoms. The summed E-state index contributed by atoms with van der Waals surface area (Å²) in [6.07, 6.45) is -4.15. The first kappa shape index (κ1) is 14.1. The molecule has 1 N–H and O–H groups in total. The van der Waals surface area contributed by atoms with Gasteiger partial charge in [0.2, 0.25) is 0 Å². The number of pyridine rings is 1. The van der Waals surface area contributed by atoms with Gasteiger partial charge in [-0.2, -0.15) is 0 Å². The minimum absolute atomic E-state index is 0.0505. The molecule has 1 rings (SSSR count). The number of esters is 1. The van der Waals surface area contributed by atoms with Gasteiger partial charge in [-0.05, 0) is 13.8 Å². The lowest BCUT2D eigenvalue weighted by Gasteiger charge is -2.15. The number of aromatic nitrogens is 1. The first-order valence-electron chi connectivity index (χ1n) is 4.87. The highest BCUT2D eigenvalue weighted by molar-refractivity contribution is 5.95. The number of carbonyl (C=O) groups excluding carboxylic acids is 1. The maximum absolute atomic E-state index is 12.2. The molecule has 1 heterocycles. The number of hydrogen-bond donors (Lipinski definition) is 1. The second-order valence-electron chi connectivity index (χ2n) is 3.20. The van der Waals surface area contributed by atoms with Crippen LogP contribution in [0.2, 0.25) is 0 Å². The highest BCUT2D eigenvalue weighted by atomic mass is 19.4. The SMILES string of the molecule is CCOC(=O)c1c(O)cnc(C)c1OC(F)(F)F. The first-order valence-corrected chi connectivity index (χ1v) is 4.87. The summed E-state index contributed by atoms with van der Waals surface area (Å²) in [6, 6.07) is 0. The number of rotatable bonds is 3. The van der Waals surface area contributed by atoms with Crippen LogP contribution < -0.4 is 4.74 Å². The van der Waals surface area contributed by atoms with Crippen LogP contribution in [0.1, 0.15) is 23.0 Å². The van der Waals surface area contributed by atoms with Gasteiger partial charge in [0.1, 0.15) is 5.56 Å². The zero-order chi connectivity index (χ0) is 13.9. The van der Waals surface area contributed by atoms with Crippen molar-refractivity contribution in [2.24, 2.45) is 0 Å². The van der Waals surface area contributed by atoms with Crippen LogP contribution in [-0.2, 0) is 4.74 Å². The standard InChI is InChI=1S/C10H10F3NO4/c1-3-17-9(16)7-6(15)4-14-5(2)8(7)18-10(11,12)13/h4,15H,3H2,1-2H3. The molecule has 8 heteroatoms. The number of aryl methyl sites for hydroxylation is 1. The summed E-state index contributed by atoms with van der Waals surface area (Å²) < 4.78 is 44.8. The van der Waals surface area contributed by atoms with Crippen LogP contribution in [0.5, 0.6) is 11.5 Å². The monoisotopic (exact) mass is 265 g/mol. The van der Waals surface area contributed by atoms with Gasteiger partial charge in [0.05, 0.1) is 18.5 Å². The smallest absolute Gasteiger partial charge is 0.505 e. The van der Waals surface area contributed by atoms with Gasteiger partial charge in [-0.15, -0.1) is 13.2 Å². The molecule has 0 saturated heterocycles. The molecule has 0 atom stereocenters. The van der Waals surface area contributed by atoms with Gasteiger partial charge >= 0.3 is 12.3 Å². The predicted octanol–water partition coefficient (Wildman–Crippen LogP) is 2.17. The lowest BCUT2D eigenvalue weighted by atomic mass is 10.2. The van der Waals surface area contributed by atoms with E-state index in [2.05, 4.69) is 14.5 Å². The van der Waals surface area contributed by atoms with E-state index in [0.29, 0.717) is 0 Å². The van der Waals surface area contributed by atoms with Crippen LogP contribution in [-0.4, -0.2) is 29.0 Å². The summed E-state index contributed by atoms with van der Waals surface area (Å²) in [5.41, 5.74) is -0.880. The van der Waals surface area contributed by atoms with Crippen molar-refractivity contribution in [2.75, 3.05) is 6.61 Å². The molecule has 0 saturated carbocycles. The quantitative estimate of drug-likeness (QED) is 0.848. The third-order valence-corrected chi connectivity index (χ3v) is 1.89. The number of aromatic hydroxyl groups is 1. The van der Waals surface area contributed by atoms with Gasteiger partial charge in [-0.1, -0.05) is 0 Å². The Morgan fingerprint density at radius 3 is 2.61 bits per heavy atom. The Hall–Kier alpha value is -1.99. The van der Waals surface area contributed by atoms with Crippen molar-refractivity contribution < 1.29 is 32.5 Å². The van der Waals surface area contributed by atoms with E-state index in [1.165, 1.54) is 13.8 Å². The van der Waals surface area contributed by atoms with Crippen molar-refractivity contribution in [3.63, 3.8) is 0 Å². The van der Waals surface area contributed by atoms with Gasteiger partial charge in [-0.3, -0.25) is 4.98 Å². The summed E-state index contributed by atoms with van der Waals surface area (Å²) in [7, 11) is 0. The normalized spacial score (nSPS) is 11.2. The molecule has 1 aromatic heterocycles. The van der Waals surface area contributed by atoms with E-state index >= 15 is 0 Å². The Morgan fingerprint density at radius 2 is 2.11 bits per heavy atom. The zero-order valence-corrected chi connectivity index (χ0v) is 9.54. The third kappa shape index (κ3) is 3.25. The molecule has 0 spiro atoms. The summed E-state index contributed by atoms with van der Waals surface area (Å²) in [4.78, 5) is 15.0. The second-order valence-corrected chi connectivity index (χ2v) is 3.20. The predicted molar refractivity (Wildman–Crippen MR) is 53.3 cm³/mol. The number of carbonyl (C=O) groups is 1. The lowest BCUT2D eigenvalue weighted by Crippen LogP contribution is -2.21. The summed E-state index contributed by atoms with van der Waals surface area (Å²) in [6.45, 7) is 2.64. The Kier molecular flexibility index (Phi) is 4.00. The topological polar surface area (TPSA) is 68.7 Å². The Morgan fingerprint density at radius 1 is 1.50 bits per heavy atom. The average Bonchev–Trinajstić information content (AvgIpc) is 2.22. The summed E-state index contributed by atoms with van der Waals surface area (Å²) in [5.74, 6) is -2.71. The average molecular weight is 265 g/mol. The van der Waals surface area contributed by atoms with Crippen LogP contribution in [0.3, 0.4) is 0 Å². The van der Waals surface area contributed by atoms with Crippen molar-refractivity contribution >= 4 is 5.97 Å². The van der Waals surface area contributed by atoms with E-state index in [9.17, 15) is 23.1 Å². The number of hydrogen-bond acceptors (Lipinski definition) is 5. The highest BCUT2D eigenvalue weighted by Gasteiger charge is 2.35. The molecule has 0 aliphatic rings. The van der Waals surface area contributed by atoms with E-state index in [0.717, 1.165) is 6.20 Å². The summed E-state index contributed by atoms with van der Waals surface area (Å²) >= 11 is 0. The number of halogens is 3. The molecule has 0 aliphatic carbocycles. The molecular formula is C10H10F3NO4. The second kappa shape index (κ2) is 5.11. The Bertz CT molecular complexity index is 459. The zero-order valence-electron chi connectivity index (χ0n) is 9.54. The van der Waals surface area contributed by atoms with Crippen LogP contribution in [0.4, 0.5) is 13.2 Å². The largest absolute Gasteiger partial charge is 0.573 e. The molecule has 100 valence electrons. The van der Waals surface area contributed by atoms with Gasteiger partial charge in [-0.25, -0.2) is 4.79 Å². The fourth-order valence-electron chi connectivity index (χ4n) is 1.22. The van der Waals surface area contributed by atoms with Crippen LogP contribution in [0.25, 0.3) is 0 Å². The van der Waals surface area contributed by atoms with Crippen molar-refractivity contribution in [2.45, 2.75) is 20.2 Å². The van der Waals surface area contributed by atoms with E-state index < -0.39 is 29.4 Å². The van der Waals surface area contributed by atoms with E-state index in [4.69, 9.17) is 0 Å². The number of alkyl halides is 3. The van der Waals surface area contributed by atoms with Crippen LogP contribution in [0.15, 0.2) is 6.20 Å². The number of nitrogens with zero attached hydrogens (tertiary/aromatic N) is 1. The van der Waals surface area contributed by atoms with Crippen molar-refractivity contribution in [3.8, 4) is 11.5 Å². The van der Waals surface area contributed by atoms with Crippen LogP contribution >= 0.6 is 0 Å². The van der Waals surface area contributed by atoms with E-state index in [1.54, 1.807) is 0 Å². The fourth-order valence-corrected chi connectivity index (χ4v) is 1.22. The third-order valence-electron chi connectivity index (χ3n) is 1.89. The molecule has 0 fully saturated rings. The minimum atomic E-state index is -5.00. The van der Waals surface area contributed by atoms with Gasteiger partial charge in [0, 0.05) is 0 Å². The summed E-state index contributed by atoms with van der Waals surface area (Å²) in [5, 5.41) is 9.40. The van der Waals surface area contributed by atoms with E-state index in [1.807, 2.05) is 0 Å². The molecule has 5 nitrogen and oxygen atoms in total. The molecule has 0 amide bonds. The Balaban J connectivity index is 3.29. The lowest BCUT2D eigenvalue weighted by molar-refractivity contribution is -0.275. The molecule has 0 aliphatic heterocycles. The molecule has 0 aromatic carbocycles. The van der Waals surface area contributed by atoms with Gasteiger partial charge < -0.3 is 14.6 Å². The molecule has 0 radical (unpaired) electrons. The molecule has 0 unspecified atom stereocenters. The number of ether oxygens (including phenoxy) is 2. The van der Waals surface area contributed by atoms with Gasteiger partial charge in [0.15, 0.2) is 11.5 Å². The Labute approximate surface area is 100 Å². The van der Waals surface area contributed by atoms with Crippen molar-refractivity contribution in [3.05, 3.63) is 17.5 Å². The van der Waals surface area contributed by atoms with Gasteiger partial charge in [0.25, 0.3) is 0 Å². The maximum Gasteiger partial charge on any atom is 0.573 e. The fraction of sp³-hybridized carbons (Fsp3) is 0.400. The van der Waals surface area contributed by atoms with Crippen LogP contribution in [0, 0.1) is 6.92 Å². The van der Waals surface area contributed by atoms with Crippen molar-refractivity contribution in [1.82, 2.24) is 4.98 Å². The van der Waals surface area contributed by atoms with Crippen molar-refractivity contribution in [1.29, 1.82) is 0 Å². The highest BCUT2D eigenvalue weighted by Crippen LogP contribution is 2.34. The molecular weight excluding hydrogens is 255 g/mol.